The first kappa shape index (κ1) is 28.7. The van der Waals surface area contributed by atoms with Crippen molar-refractivity contribution in [2.24, 2.45) is 0 Å². The number of carboxylic acid groups (broad SMARTS) is 3. The average molecular weight is 522 g/mol. The normalized spacial score (nSPS) is 11.4. The molecule has 3 amide bonds. The van der Waals surface area contributed by atoms with Gasteiger partial charge in [0.1, 0.15) is 12.6 Å². The number of halogens is 1. The fourth-order valence-electron chi connectivity index (χ4n) is 3.21. The second kappa shape index (κ2) is 14.1. The number of urea groups is 1. The summed E-state index contributed by atoms with van der Waals surface area (Å²) >= 11 is 0. The predicted octanol–water partition coefficient (Wildman–Crippen LogP) is 1.14. The SMILES string of the molecule is O=C(Cn1cc(CCCF)nn1)NCCCC[C@H](NC(=O)Nc1cc(C(=O)O)cc(C(=O)O)c1)C(=O)O. The van der Waals surface area contributed by atoms with Gasteiger partial charge in [0.25, 0.3) is 0 Å². The van der Waals surface area contributed by atoms with Crippen LogP contribution >= 0.6 is 0 Å². The Hall–Kier alpha value is -4.56. The van der Waals surface area contributed by atoms with Gasteiger partial charge in [-0.15, -0.1) is 5.10 Å². The lowest BCUT2D eigenvalue weighted by Gasteiger charge is -2.16. The summed E-state index contributed by atoms with van der Waals surface area (Å²) in [6, 6.07) is 0.757. The molecule has 0 spiro atoms. The number of carboxylic acids is 3. The lowest BCUT2D eigenvalue weighted by Crippen LogP contribution is -2.43. The van der Waals surface area contributed by atoms with Crippen LogP contribution in [0, 0.1) is 0 Å². The van der Waals surface area contributed by atoms with Crippen LogP contribution in [0.15, 0.2) is 24.4 Å². The number of nitrogens with one attached hydrogen (secondary N) is 3. The maximum absolute atomic E-state index is 12.2. The van der Waals surface area contributed by atoms with Crippen molar-refractivity contribution in [3.05, 3.63) is 41.2 Å². The van der Waals surface area contributed by atoms with Crippen LogP contribution in [0.4, 0.5) is 14.9 Å². The molecule has 0 aliphatic carbocycles. The lowest BCUT2D eigenvalue weighted by molar-refractivity contribution is -0.139. The van der Waals surface area contributed by atoms with E-state index >= 15 is 0 Å². The number of rotatable bonds is 15. The Bertz CT molecular complexity index is 1110. The van der Waals surface area contributed by atoms with Crippen LogP contribution in [-0.2, 0) is 22.6 Å². The Labute approximate surface area is 209 Å². The summed E-state index contributed by atoms with van der Waals surface area (Å²) in [6.45, 7) is -0.292. The standard InChI is InChI=1S/C22H27FN6O8/c23-6-3-4-15-11-29(28-27-15)12-18(30)24-7-2-1-5-17(21(35)36)26-22(37)25-16-9-13(19(31)32)8-14(10-16)20(33)34/h8-11,17H,1-7,12H2,(H,24,30)(H,31,32)(H,33,34)(H,35,36)(H2,25,26,37)/t17-/m0/s1. The van der Waals surface area contributed by atoms with E-state index in [2.05, 4.69) is 26.3 Å². The van der Waals surface area contributed by atoms with Crippen molar-refractivity contribution >= 4 is 35.5 Å². The third kappa shape index (κ3) is 9.91. The van der Waals surface area contributed by atoms with Gasteiger partial charge in [0, 0.05) is 18.4 Å². The maximum Gasteiger partial charge on any atom is 0.335 e. The van der Waals surface area contributed by atoms with Gasteiger partial charge in [-0.05, 0) is 50.3 Å². The minimum Gasteiger partial charge on any atom is -0.480 e. The molecule has 37 heavy (non-hydrogen) atoms. The first-order chi connectivity index (χ1) is 17.6. The average Bonchev–Trinajstić information content (AvgIpc) is 3.28. The van der Waals surface area contributed by atoms with E-state index in [1.807, 2.05) is 0 Å². The van der Waals surface area contributed by atoms with Crippen molar-refractivity contribution in [3.8, 4) is 0 Å². The van der Waals surface area contributed by atoms with E-state index in [0.717, 1.165) is 18.2 Å². The smallest absolute Gasteiger partial charge is 0.335 e. The zero-order chi connectivity index (χ0) is 27.4. The fraction of sp³-hybridized carbons (Fsp3) is 0.409. The molecule has 15 heteroatoms. The van der Waals surface area contributed by atoms with Gasteiger partial charge in [0.2, 0.25) is 5.91 Å². The van der Waals surface area contributed by atoms with Crippen molar-refractivity contribution < 1.29 is 43.7 Å². The number of aliphatic carboxylic acids is 1. The first-order valence-electron chi connectivity index (χ1n) is 11.2. The number of hydrogen-bond donors (Lipinski definition) is 6. The molecule has 0 fully saturated rings. The molecule has 2 aromatic rings. The molecule has 1 aromatic heterocycles. The van der Waals surface area contributed by atoms with Crippen LogP contribution in [-0.4, -0.2) is 79.4 Å². The second-order valence-electron chi connectivity index (χ2n) is 7.94. The quantitative estimate of drug-likeness (QED) is 0.183. The fourth-order valence-corrected chi connectivity index (χ4v) is 3.21. The topological polar surface area (TPSA) is 213 Å². The molecular formula is C22H27FN6O8. The van der Waals surface area contributed by atoms with E-state index in [9.17, 15) is 33.5 Å². The maximum atomic E-state index is 12.2. The summed E-state index contributed by atoms with van der Waals surface area (Å²) in [7, 11) is 0. The molecule has 0 aliphatic heterocycles. The molecule has 0 saturated carbocycles. The van der Waals surface area contributed by atoms with Gasteiger partial charge in [0.15, 0.2) is 0 Å². The number of unbranched alkanes of at least 4 members (excludes halogenated alkanes) is 1. The lowest BCUT2D eigenvalue weighted by atomic mass is 10.1. The molecule has 1 atom stereocenters. The van der Waals surface area contributed by atoms with Crippen molar-refractivity contribution in [1.82, 2.24) is 25.6 Å². The highest BCUT2D eigenvalue weighted by atomic mass is 19.1. The highest BCUT2D eigenvalue weighted by Crippen LogP contribution is 2.16. The van der Waals surface area contributed by atoms with Gasteiger partial charge < -0.3 is 31.3 Å². The van der Waals surface area contributed by atoms with Crippen LogP contribution in [0.2, 0.25) is 0 Å². The Morgan fingerprint density at radius 3 is 2.24 bits per heavy atom. The van der Waals surface area contributed by atoms with Gasteiger partial charge in [0.05, 0.1) is 23.5 Å². The molecule has 0 unspecified atom stereocenters. The van der Waals surface area contributed by atoms with Crippen LogP contribution in [0.5, 0.6) is 0 Å². The predicted molar refractivity (Wildman–Crippen MR) is 125 cm³/mol. The molecule has 0 bridgehead atoms. The third-order valence-electron chi connectivity index (χ3n) is 4.99. The number of aromatic nitrogens is 3. The van der Waals surface area contributed by atoms with E-state index in [4.69, 9.17) is 10.2 Å². The number of alkyl halides is 1. The largest absolute Gasteiger partial charge is 0.480 e. The minimum atomic E-state index is -1.40. The van der Waals surface area contributed by atoms with Gasteiger partial charge in [-0.25, -0.2) is 23.9 Å². The van der Waals surface area contributed by atoms with Gasteiger partial charge in [-0.1, -0.05) is 5.21 Å². The van der Waals surface area contributed by atoms with Gasteiger partial charge in [-0.3, -0.25) is 9.18 Å². The molecule has 2 rings (SSSR count). The molecule has 1 aromatic carbocycles. The van der Waals surface area contributed by atoms with E-state index < -0.39 is 36.7 Å². The monoisotopic (exact) mass is 522 g/mol. The highest BCUT2D eigenvalue weighted by Gasteiger charge is 2.20. The number of carbonyl (C=O) groups excluding carboxylic acids is 2. The van der Waals surface area contributed by atoms with E-state index in [1.165, 1.54) is 4.68 Å². The Morgan fingerprint density at radius 2 is 1.65 bits per heavy atom. The zero-order valence-electron chi connectivity index (χ0n) is 19.6. The zero-order valence-corrected chi connectivity index (χ0v) is 19.6. The molecule has 1 heterocycles. The molecule has 6 N–H and O–H groups in total. The van der Waals surface area contributed by atoms with Crippen molar-refractivity contribution in [2.45, 2.75) is 44.7 Å². The Balaban J connectivity index is 1.78. The number of anilines is 1. The summed E-state index contributed by atoms with van der Waals surface area (Å²) in [4.78, 5) is 58.1. The number of nitrogens with zero attached hydrogens (tertiary/aromatic N) is 3. The number of carbonyl (C=O) groups is 5. The molecule has 0 radical (unpaired) electrons. The van der Waals surface area contributed by atoms with Crippen molar-refractivity contribution in [1.29, 1.82) is 0 Å². The molecular weight excluding hydrogens is 495 g/mol. The summed E-state index contributed by atoms with van der Waals surface area (Å²) in [5.41, 5.74) is -0.289. The van der Waals surface area contributed by atoms with Gasteiger partial charge >= 0.3 is 23.9 Å². The third-order valence-corrected chi connectivity index (χ3v) is 4.99. The molecule has 0 saturated heterocycles. The van der Waals surface area contributed by atoms with Crippen molar-refractivity contribution in [2.75, 3.05) is 18.5 Å². The van der Waals surface area contributed by atoms with E-state index in [-0.39, 0.29) is 42.2 Å². The van der Waals surface area contributed by atoms with Crippen molar-refractivity contribution in [3.63, 3.8) is 0 Å². The summed E-state index contributed by atoms with van der Waals surface area (Å²) < 4.78 is 13.5. The van der Waals surface area contributed by atoms with Crippen LogP contribution in [0.3, 0.4) is 0 Å². The first-order valence-corrected chi connectivity index (χ1v) is 11.2. The number of aromatic carboxylic acids is 2. The summed E-state index contributed by atoms with van der Waals surface area (Å²) in [6.07, 6.45) is 3.10. The Morgan fingerprint density at radius 1 is 0.973 bits per heavy atom. The Kier molecular flexibility index (Phi) is 10.9. The van der Waals surface area contributed by atoms with Gasteiger partial charge in [-0.2, -0.15) is 0 Å². The molecule has 14 nitrogen and oxygen atoms in total. The molecule has 0 aliphatic rings. The molecule has 200 valence electrons. The van der Waals surface area contributed by atoms with Crippen LogP contribution in [0.25, 0.3) is 0 Å². The van der Waals surface area contributed by atoms with Crippen LogP contribution in [0.1, 0.15) is 52.1 Å². The summed E-state index contributed by atoms with van der Waals surface area (Å²) in [5, 5.41) is 42.4. The number of benzene rings is 1. The minimum absolute atomic E-state index is 0.0369. The second-order valence-corrected chi connectivity index (χ2v) is 7.94. The van der Waals surface area contributed by atoms with Crippen LogP contribution < -0.4 is 16.0 Å². The number of aryl methyl sites for hydroxylation is 1. The van der Waals surface area contributed by atoms with E-state index in [0.29, 0.717) is 31.4 Å². The highest BCUT2D eigenvalue weighted by molar-refractivity contribution is 5.98. The van der Waals surface area contributed by atoms with E-state index in [1.54, 1.807) is 6.20 Å². The number of hydrogen-bond acceptors (Lipinski definition) is 7. The summed E-state index contributed by atoms with van der Waals surface area (Å²) in [5.74, 6) is -4.44. The number of amides is 3.